The van der Waals surface area contributed by atoms with E-state index in [1.54, 1.807) is 26.4 Å². The minimum atomic E-state index is -0.630. The van der Waals surface area contributed by atoms with E-state index < -0.39 is 5.91 Å². The van der Waals surface area contributed by atoms with Crippen molar-refractivity contribution in [1.82, 2.24) is 30.5 Å². The molecular formula is C35H40ClN7O4. The summed E-state index contributed by atoms with van der Waals surface area (Å²) in [6.07, 6.45) is 5.11. The van der Waals surface area contributed by atoms with E-state index in [2.05, 4.69) is 20.6 Å². The average Bonchev–Trinajstić information content (AvgIpc) is 3.08. The van der Waals surface area contributed by atoms with Gasteiger partial charge < -0.3 is 31.1 Å². The third-order valence-electron chi connectivity index (χ3n) is 8.49. The van der Waals surface area contributed by atoms with Crippen LogP contribution in [0.1, 0.15) is 46.9 Å². The number of ether oxygens (including phenoxy) is 1. The van der Waals surface area contributed by atoms with Crippen molar-refractivity contribution in [2.24, 2.45) is 5.73 Å². The molecule has 47 heavy (non-hydrogen) atoms. The molecule has 0 aliphatic carbocycles. The lowest BCUT2D eigenvalue weighted by Gasteiger charge is -2.31. The van der Waals surface area contributed by atoms with Crippen molar-refractivity contribution in [2.75, 3.05) is 33.4 Å². The Kier molecular flexibility index (Phi) is 11.2. The molecule has 0 bridgehead atoms. The van der Waals surface area contributed by atoms with E-state index in [4.69, 9.17) is 32.2 Å². The zero-order chi connectivity index (χ0) is 33.5. The number of amides is 2. The Balaban J connectivity index is 1.42. The monoisotopic (exact) mass is 657 g/mol. The Labute approximate surface area is 279 Å². The second kappa shape index (κ2) is 15.4. The molecule has 0 spiro atoms. The summed E-state index contributed by atoms with van der Waals surface area (Å²) in [5.74, 6) is -0.00693. The standard InChI is InChI=1S/C35H40ClN7O4/c1-21-26(29-17-23(18-38-13-16-44)19-41-33(29)34(37)46)5-4-6-27(21)32-31(36)28(9-12-39-32)30-8-7-24(35(42-30)47-3)20-40-25-10-14-43(15-11-25)22(2)45/h4-9,12,17,19,25,38,40,44H,10-11,13-16,18,20H2,1-3H3,(H2,37,46). The van der Waals surface area contributed by atoms with Crippen LogP contribution in [0, 0.1) is 6.92 Å². The number of nitrogens with zero attached hydrogens (tertiary/aromatic N) is 4. The van der Waals surface area contributed by atoms with Gasteiger partial charge in [0.05, 0.1) is 30.1 Å². The number of halogens is 1. The number of pyridine rings is 3. The molecule has 0 atom stereocenters. The largest absolute Gasteiger partial charge is 0.481 e. The Hall–Kier alpha value is -4.42. The van der Waals surface area contributed by atoms with Gasteiger partial charge in [-0.15, -0.1) is 0 Å². The topological polar surface area (TPSA) is 156 Å². The van der Waals surface area contributed by atoms with Gasteiger partial charge in [0.2, 0.25) is 11.8 Å². The number of carbonyl (C=O) groups excluding carboxylic acids is 2. The third-order valence-corrected chi connectivity index (χ3v) is 8.88. The highest BCUT2D eigenvalue weighted by molar-refractivity contribution is 6.35. The van der Waals surface area contributed by atoms with Gasteiger partial charge in [-0.05, 0) is 54.7 Å². The summed E-state index contributed by atoms with van der Waals surface area (Å²) < 4.78 is 5.68. The molecule has 5 rings (SSSR count). The molecule has 1 fully saturated rings. The normalized spacial score (nSPS) is 13.5. The maximum atomic E-state index is 12.4. The summed E-state index contributed by atoms with van der Waals surface area (Å²) in [5.41, 5.74) is 12.6. The maximum Gasteiger partial charge on any atom is 0.267 e. The van der Waals surface area contributed by atoms with Crippen molar-refractivity contribution >= 4 is 23.4 Å². The molecule has 11 nitrogen and oxygen atoms in total. The number of likely N-dealkylation sites (tertiary alicyclic amines) is 1. The van der Waals surface area contributed by atoms with Gasteiger partial charge in [0.15, 0.2) is 0 Å². The minimum Gasteiger partial charge on any atom is -0.481 e. The van der Waals surface area contributed by atoms with Crippen LogP contribution < -0.4 is 21.1 Å². The number of primary amides is 1. The molecular weight excluding hydrogens is 618 g/mol. The summed E-state index contributed by atoms with van der Waals surface area (Å²) in [4.78, 5) is 39.7. The Morgan fingerprint density at radius 1 is 1.06 bits per heavy atom. The quantitative estimate of drug-likeness (QED) is 0.165. The Morgan fingerprint density at radius 2 is 1.83 bits per heavy atom. The molecule has 4 heterocycles. The molecule has 1 saturated heterocycles. The van der Waals surface area contributed by atoms with Gasteiger partial charge in [-0.1, -0.05) is 35.9 Å². The van der Waals surface area contributed by atoms with Gasteiger partial charge in [-0.2, -0.15) is 0 Å². The van der Waals surface area contributed by atoms with Crippen LogP contribution >= 0.6 is 11.6 Å². The SMILES string of the molecule is COc1nc(-c2ccnc(-c3cccc(-c4cc(CNCCO)cnc4C(N)=O)c3C)c2Cl)ccc1CNC1CCN(C(C)=O)CC1. The Bertz CT molecular complexity index is 1760. The van der Waals surface area contributed by atoms with Crippen LogP contribution in [0.15, 0.2) is 54.9 Å². The molecule has 4 aromatic rings. The first-order valence-electron chi connectivity index (χ1n) is 15.6. The van der Waals surface area contributed by atoms with Crippen LogP contribution in [-0.4, -0.2) is 76.2 Å². The zero-order valence-electron chi connectivity index (χ0n) is 26.8. The molecule has 12 heteroatoms. The summed E-state index contributed by atoms with van der Waals surface area (Å²) in [6.45, 7) is 6.58. The molecule has 0 radical (unpaired) electrons. The summed E-state index contributed by atoms with van der Waals surface area (Å²) >= 11 is 7.06. The summed E-state index contributed by atoms with van der Waals surface area (Å²) in [7, 11) is 1.60. The molecule has 0 saturated carbocycles. The number of aliphatic hydroxyl groups excluding tert-OH is 1. The number of benzene rings is 1. The fourth-order valence-corrected chi connectivity index (χ4v) is 6.23. The minimum absolute atomic E-state index is 0.0147. The number of nitrogens with two attached hydrogens (primary N) is 1. The second-order valence-electron chi connectivity index (χ2n) is 11.5. The number of hydrogen-bond acceptors (Lipinski definition) is 9. The van der Waals surface area contributed by atoms with Crippen molar-refractivity contribution in [3.8, 4) is 39.5 Å². The van der Waals surface area contributed by atoms with Crippen molar-refractivity contribution < 1.29 is 19.4 Å². The second-order valence-corrected chi connectivity index (χ2v) is 11.9. The van der Waals surface area contributed by atoms with E-state index in [1.165, 1.54) is 0 Å². The van der Waals surface area contributed by atoms with Crippen LogP contribution in [0.4, 0.5) is 0 Å². The lowest BCUT2D eigenvalue weighted by molar-refractivity contribution is -0.129. The fraction of sp³-hybridized carbons (Fsp3) is 0.343. The average molecular weight is 658 g/mol. The lowest BCUT2D eigenvalue weighted by atomic mass is 9.92. The molecule has 3 aromatic heterocycles. The zero-order valence-corrected chi connectivity index (χ0v) is 27.6. The van der Waals surface area contributed by atoms with E-state index in [1.807, 2.05) is 54.3 Å². The van der Waals surface area contributed by atoms with E-state index in [9.17, 15) is 9.59 Å². The number of aromatic nitrogens is 3. The van der Waals surface area contributed by atoms with Gasteiger partial charge in [-0.3, -0.25) is 19.6 Å². The van der Waals surface area contributed by atoms with Gasteiger partial charge >= 0.3 is 0 Å². The van der Waals surface area contributed by atoms with Gasteiger partial charge in [-0.25, -0.2) is 4.98 Å². The number of aliphatic hydroxyl groups is 1. The first kappa shape index (κ1) is 33.9. The first-order valence-corrected chi connectivity index (χ1v) is 16.0. The van der Waals surface area contributed by atoms with Crippen LogP contribution in [0.25, 0.3) is 33.6 Å². The smallest absolute Gasteiger partial charge is 0.267 e. The molecule has 1 aliphatic heterocycles. The van der Waals surface area contributed by atoms with Gasteiger partial charge in [0, 0.05) is 80.3 Å². The molecule has 1 aliphatic rings. The van der Waals surface area contributed by atoms with Crippen molar-refractivity contribution in [3.05, 3.63) is 82.3 Å². The highest BCUT2D eigenvalue weighted by atomic mass is 35.5. The number of nitrogens with one attached hydrogen (secondary N) is 2. The van der Waals surface area contributed by atoms with Crippen LogP contribution in [0.3, 0.4) is 0 Å². The summed E-state index contributed by atoms with van der Waals surface area (Å²) in [5, 5.41) is 16.3. The van der Waals surface area contributed by atoms with Crippen LogP contribution in [0.2, 0.25) is 5.02 Å². The molecule has 246 valence electrons. The lowest BCUT2D eigenvalue weighted by Crippen LogP contribution is -2.44. The highest BCUT2D eigenvalue weighted by Gasteiger charge is 2.22. The van der Waals surface area contributed by atoms with E-state index >= 15 is 0 Å². The van der Waals surface area contributed by atoms with E-state index in [0.717, 1.165) is 53.7 Å². The number of rotatable bonds is 12. The van der Waals surface area contributed by atoms with Gasteiger partial charge in [0.25, 0.3) is 5.91 Å². The third kappa shape index (κ3) is 7.77. The molecule has 5 N–H and O–H groups in total. The van der Waals surface area contributed by atoms with E-state index in [-0.39, 0.29) is 18.2 Å². The molecule has 0 unspecified atom stereocenters. The first-order chi connectivity index (χ1) is 22.7. The van der Waals surface area contributed by atoms with Crippen molar-refractivity contribution in [3.63, 3.8) is 0 Å². The molecule has 1 aromatic carbocycles. The number of hydrogen-bond donors (Lipinski definition) is 4. The maximum absolute atomic E-state index is 12.4. The molecule has 2 amide bonds. The fourth-order valence-electron chi connectivity index (χ4n) is 5.91. The summed E-state index contributed by atoms with van der Waals surface area (Å²) in [6, 6.07) is 13.7. The van der Waals surface area contributed by atoms with Crippen molar-refractivity contribution in [2.45, 2.75) is 45.8 Å². The number of carbonyl (C=O) groups is 2. The van der Waals surface area contributed by atoms with Crippen LogP contribution in [-0.2, 0) is 17.9 Å². The van der Waals surface area contributed by atoms with Gasteiger partial charge in [0.1, 0.15) is 5.69 Å². The Morgan fingerprint density at radius 3 is 2.53 bits per heavy atom. The predicted octanol–water partition coefficient (Wildman–Crippen LogP) is 4.12. The number of piperidine rings is 1. The predicted molar refractivity (Wildman–Crippen MR) is 182 cm³/mol. The van der Waals surface area contributed by atoms with E-state index in [0.29, 0.717) is 59.1 Å². The van der Waals surface area contributed by atoms with Crippen LogP contribution in [0.5, 0.6) is 5.88 Å². The van der Waals surface area contributed by atoms with Crippen molar-refractivity contribution in [1.29, 1.82) is 0 Å². The number of methoxy groups -OCH3 is 1. The highest BCUT2D eigenvalue weighted by Crippen LogP contribution is 2.39.